The summed E-state index contributed by atoms with van der Waals surface area (Å²) < 4.78 is 43.2. The Morgan fingerprint density at radius 2 is 2.17 bits per heavy atom. The van der Waals surface area contributed by atoms with Gasteiger partial charge >= 0.3 is 0 Å². The first-order chi connectivity index (χ1) is 8.58. The number of hydrogen-bond donors (Lipinski definition) is 1. The van der Waals surface area contributed by atoms with Crippen molar-refractivity contribution in [2.45, 2.75) is 17.9 Å². The average Bonchev–Trinajstić information content (AvgIpc) is 2.29. The molecule has 18 heavy (non-hydrogen) atoms. The van der Waals surface area contributed by atoms with E-state index < -0.39 is 22.4 Å². The molecule has 2 unspecified atom stereocenters. The predicted molar refractivity (Wildman–Crippen MR) is 67.0 cm³/mol. The summed E-state index contributed by atoms with van der Waals surface area (Å²) in [6.45, 7) is 3.02. The number of ether oxygens (including phenoxy) is 1. The molecule has 0 amide bonds. The molecule has 0 fully saturated rings. The Bertz CT molecular complexity index is 409. The molecular formula is C12H17F2NO2S. The monoisotopic (exact) mass is 277 g/mol. The maximum Gasteiger partial charge on any atom is 0.142 e. The third-order valence-electron chi connectivity index (χ3n) is 2.35. The number of likely N-dealkylation sites (N-methyl/N-ethyl adjacent to an activating group) is 1. The molecule has 0 spiro atoms. The lowest BCUT2D eigenvalue weighted by Crippen LogP contribution is -2.37. The smallest absolute Gasteiger partial charge is 0.142 e. The van der Waals surface area contributed by atoms with E-state index in [4.69, 9.17) is 4.74 Å². The van der Waals surface area contributed by atoms with E-state index in [-0.39, 0.29) is 16.7 Å². The molecule has 0 saturated heterocycles. The summed E-state index contributed by atoms with van der Waals surface area (Å²) in [5.74, 6) is -1.22. The second-order valence-electron chi connectivity index (χ2n) is 3.80. The second kappa shape index (κ2) is 7.56. The summed E-state index contributed by atoms with van der Waals surface area (Å²) in [6, 6.07) is 2.95. The van der Waals surface area contributed by atoms with Gasteiger partial charge in [-0.2, -0.15) is 0 Å². The van der Waals surface area contributed by atoms with Gasteiger partial charge in [0.1, 0.15) is 11.6 Å². The summed E-state index contributed by atoms with van der Waals surface area (Å²) in [4.78, 5) is 0.0235. The highest BCUT2D eigenvalue weighted by atomic mass is 32.2. The Morgan fingerprint density at radius 1 is 1.44 bits per heavy atom. The van der Waals surface area contributed by atoms with Crippen LogP contribution in [0.2, 0.25) is 0 Å². The quantitative estimate of drug-likeness (QED) is 0.824. The van der Waals surface area contributed by atoms with Gasteiger partial charge in [-0.3, -0.25) is 4.21 Å². The molecule has 1 N–H and O–H groups in total. The zero-order chi connectivity index (χ0) is 13.5. The van der Waals surface area contributed by atoms with Crippen LogP contribution < -0.4 is 5.32 Å². The molecule has 0 saturated carbocycles. The highest BCUT2D eigenvalue weighted by molar-refractivity contribution is 7.85. The Balaban J connectivity index is 2.73. The Hall–Kier alpha value is -0.850. The van der Waals surface area contributed by atoms with Crippen molar-refractivity contribution in [1.82, 2.24) is 5.32 Å². The van der Waals surface area contributed by atoms with Gasteiger partial charge in [0.2, 0.25) is 0 Å². The van der Waals surface area contributed by atoms with Crippen LogP contribution in [0.1, 0.15) is 6.92 Å². The molecule has 1 rings (SSSR count). The predicted octanol–water partition coefficient (Wildman–Crippen LogP) is 1.70. The molecule has 0 aromatic heterocycles. The van der Waals surface area contributed by atoms with Crippen LogP contribution in [0.25, 0.3) is 0 Å². The van der Waals surface area contributed by atoms with Crippen molar-refractivity contribution >= 4 is 10.8 Å². The number of nitrogens with one attached hydrogen (secondary N) is 1. The van der Waals surface area contributed by atoms with E-state index in [1.165, 1.54) is 6.07 Å². The van der Waals surface area contributed by atoms with Crippen LogP contribution in [0.15, 0.2) is 23.1 Å². The molecule has 6 heteroatoms. The minimum atomic E-state index is -1.52. The lowest BCUT2D eigenvalue weighted by Gasteiger charge is -2.16. The summed E-state index contributed by atoms with van der Waals surface area (Å²) >= 11 is 0. The van der Waals surface area contributed by atoms with E-state index in [1.807, 2.05) is 6.92 Å². The molecule has 1 aromatic rings. The molecule has 0 aliphatic carbocycles. The fraction of sp³-hybridized carbons (Fsp3) is 0.500. The van der Waals surface area contributed by atoms with E-state index >= 15 is 0 Å². The fourth-order valence-corrected chi connectivity index (χ4v) is 2.84. The third-order valence-corrected chi connectivity index (χ3v) is 3.88. The maximum absolute atomic E-state index is 13.4. The van der Waals surface area contributed by atoms with Crippen LogP contribution >= 0.6 is 0 Å². The first kappa shape index (κ1) is 15.2. The van der Waals surface area contributed by atoms with Gasteiger partial charge < -0.3 is 10.1 Å². The maximum atomic E-state index is 13.4. The van der Waals surface area contributed by atoms with Crippen molar-refractivity contribution in [3.05, 3.63) is 29.8 Å². The van der Waals surface area contributed by atoms with Crippen LogP contribution in [0.4, 0.5) is 8.78 Å². The van der Waals surface area contributed by atoms with Crippen LogP contribution in [0.5, 0.6) is 0 Å². The van der Waals surface area contributed by atoms with Crippen molar-refractivity contribution in [3.63, 3.8) is 0 Å². The summed E-state index contributed by atoms with van der Waals surface area (Å²) in [5.41, 5.74) is 0. The summed E-state index contributed by atoms with van der Waals surface area (Å²) in [7, 11) is 0.0269. The van der Waals surface area contributed by atoms with Crippen molar-refractivity contribution < 1.29 is 17.7 Å². The van der Waals surface area contributed by atoms with Gasteiger partial charge in [-0.05, 0) is 18.7 Å². The Morgan fingerprint density at radius 3 is 2.72 bits per heavy atom. The summed E-state index contributed by atoms with van der Waals surface area (Å²) in [6.07, 6.45) is 0. The van der Waals surface area contributed by atoms with Crippen molar-refractivity contribution in [1.29, 1.82) is 0 Å². The molecule has 102 valence electrons. The average molecular weight is 277 g/mol. The Kier molecular flexibility index (Phi) is 6.38. The van der Waals surface area contributed by atoms with Gasteiger partial charge in [-0.25, -0.2) is 8.78 Å². The van der Waals surface area contributed by atoms with Gasteiger partial charge in [-0.15, -0.1) is 0 Å². The molecular weight excluding hydrogens is 260 g/mol. The van der Waals surface area contributed by atoms with E-state index in [0.29, 0.717) is 13.2 Å². The number of rotatable bonds is 7. The number of halogens is 2. The standard InChI is InChI=1S/C12H17F2NO2S/c1-3-15-10(7-17-2)8-18(16)12-5-4-9(13)6-11(12)14/h4-6,10,15H,3,7-8H2,1-2H3. The molecule has 0 aliphatic heterocycles. The first-order valence-electron chi connectivity index (χ1n) is 5.64. The number of benzene rings is 1. The van der Waals surface area contributed by atoms with Gasteiger partial charge in [0.05, 0.1) is 22.3 Å². The third kappa shape index (κ3) is 4.44. The van der Waals surface area contributed by atoms with Gasteiger partial charge in [0.25, 0.3) is 0 Å². The zero-order valence-corrected chi connectivity index (χ0v) is 11.2. The normalized spacial score (nSPS) is 14.4. The van der Waals surface area contributed by atoms with E-state index in [9.17, 15) is 13.0 Å². The Labute approximate surface area is 108 Å². The SMILES string of the molecule is CCNC(COC)CS(=O)c1ccc(F)cc1F. The van der Waals surface area contributed by atoms with Gasteiger partial charge in [0, 0.05) is 25.0 Å². The number of methoxy groups -OCH3 is 1. The second-order valence-corrected chi connectivity index (χ2v) is 5.26. The molecule has 0 radical (unpaired) electrons. The van der Waals surface area contributed by atoms with Crippen molar-refractivity contribution in [2.75, 3.05) is 26.0 Å². The topological polar surface area (TPSA) is 38.3 Å². The summed E-state index contributed by atoms with van der Waals surface area (Å²) in [5, 5.41) is 3.10. The van der Waals surface area contributed by atoms with Gasteiger partial charge in [-0.1, -0.05) is 6.92 Å². The molecule has 3 nitrogen and oxygen atoms in total. The number of hydrogen-bond acceptors (Lipinski definition) is 3. The zero-order valence-electron chi connectivity index (χ0n) is 10.4. The van der Waals surface area contributed by atoms with Gasteiger partial charge in [0.15, 0.2) is 0 Å². The van der Waals surface area contributed by atoms with Crippen molar-refractivity contribution in [2.24, 2.45) is 0 Å². The van der Waals surface area contributed by atoms with E-state index in [0.717, 1.165) is 12.1 Å². The van der Waals surface area contributed by atoms with E-state index in [2.05, 4.69) is 5.32 Å². The van der Waals surface area contributed by atoms with Crippen LogP contribution in [0, 0.1) is 11.6 Å². The molecule has 1 aromatic carbocycles. The minimum Gasteiger partial charge on any atom is -0.383 e. The molecule has 0 bridgehead atoms. The highest BCUT2D eigenvalue weighted by Crippen LogP contribution is 2.14. The molecule has 2 atom stereocenters. The van der Waals surface area contributed by atoms with Crippen molar-refractivity contribution in [3.8, 4) is 0 Å². The molecule has 0 heterocycles. The fourth-order valence-electron chi connectivity index (χ4n) is 1.59. The van der Waals surface area contributed by atoms with Crippen LogP contribution in [-0.2, 0) is 15.5 Å². The highest BCUT2D eigenvalue weighted by Gasteiger charge is 2.16. The first-order valence-corrected chi connectivity index (χ1v) is 6.96. The van der Waals surface area contributed by atoms with Crippen LogP contribution in [-0.4, -0.2) is 36.3 Å². The lowest BCUT2D eigenvalue weighted by molar-refractivity contribution is 0.174. The minimum absolute atomic E-state index is 0.0235. The van der Waals surface area contributed by atoms with Crippen LogP contribution in [0.3, 0.4) is 0 Å². The largest absolute Gasteiger partial charge is 0.383 e. The lowest BCUT2D eigenvalue weighted by atomic mass is 10.3. The molecule has 0 aliphatic rings. The van der Waals surface area contributed by atoms with E-state index in [1.54, 1.807) is 7.11 Å².